The van der Waals surface area contributed by atoms with Crippen molar-refractivity contribution in [1.82, 2.24) is 15.5 Å². The third-order valence-electron chi connectivity index (χ3n) is 5.59. The lowest BCUT2D eigenvalue weighted by Gasteiger charge is -2.33. The summed E-state index contributed by atoms with van der Waals surface area (Å²) in [5.74, 6) is 0.973. The fourth-order valence-corrected chi connectivity index (χ4v) is 4.24. The third-order valence-corrected chi connectivity index (χ3v) is 5.59. The van der Waals surface area contributed by atoms with Gasteiger partial charge in [0.15, 0.2) is 5.96 Å². The summed E-state index contributed by atoms with van der Waals surface area (Å²) < 4.78 is 5.93. The highest BCUT2D eigenvalue weighted by Crippen LogP contribution is 2.34. The zero-order valence-electron chi connectivity index (χ0n) is 15.3. The molecule has 0 spiro atoms. The van der Waals surface area contributed by atoms with Crippen molar-refractivity contribution in [3.63, 3.8) is 0 Å². The van der Waals surface area contributed by atoms with Crippen molar-refractivity contribution in [2.75, 3.05) is 26.2 Å². The van der Waals surface area contributed by atoms with E-state index in [9.17, 15) is 0 Å². The Bertz CT molecular complexity index is 406. The van der Waals surface area contributed by atoms with E-state index < -0.39 is 0 Å². The number of rotatable bonds is 6. The molecule has 0 amide bonds. The Balaban J connectivity index is 0.00000208. The van der Waals surface area contributed by atoms with Gasteiger partial charge in [-0.2, -0.15) is 0 Å². The van der Waals surface area contributed by atoms with Crippen molar-refractivity contribution in [2.45, 2.75) is 83.1 Å². The van der Waals surface area contributed by atoms with Gasteiger partial charge in [-0.05, 0) is 58.9 Å². The molecule has 0 aromatic rings. The first kappa shape index (κ1) is 20.2. The molecule has 3 aliphatic heterocycles. The van der Waals surface area contributed by atoms with Crippen LogP contribution in [0.2, 0.25) is 0 Å². The quantitative estimate of drug-likeness (QED) is 0.283. The summed E-state index contributed by atoms with van der Waals surface area (Å²) in [6, 6.07) is 1.21. The summed E-state index contributed by atoms with van der Waals surface area (Å²) in [5, 5.41) is 6.98. The van der Waals surface area contributed by atoms with E-state index >= 15 is 0 Å². The molecule has 24 heavy (non-hydrogen) atoms. The van der Waals surface area contributed by atoms with Gasteiger partial charge in [-0.3, -0.25) is 4.99 Å². The number of nitrogens with one attached hydrogen (secondary N) is 2. The van der Waals surface area contributed by atoms with Crippen molar-refractivity contribution in [3.05, 3.63) is 0 Å². The lowest BCUT2D eigenvalue weighted by atomic mass is 9.96. The smallest absolute Gasteiger partial charge is 0.191 e. The second kappa shape index (κ2) is 10.2. The average molecular weight is 450 g/mol. The van der Waals surface area contributed by atoms with Gasteiger partial charge in [0, 0.05) is 25.7 Å². The molecule has 3 rings (SSSR count). The molecule has 0 aromatic heterocycles. The van der Waals surface area contributed by atoms with Crippen LogP contribution in [0, 0.1) is 0 Å². The first-order valence-electron chi connectivity index (χ1n) is 9.70. The number of hydrogen-bond donors (Lipinski definition) is 2. The Hall–Kier alpha value is -0.0800. The first-order valence-corrected chi connectivity index (χ1v) is 9.70. The Labute approximate surface area is 164 Å². The van der Waals surface area contributed by atoms with Crippen LogP contribution < -0.4 is 10.6 Å². The molecular formula is C18H35IN4O. The minimum absolute atomic E-state index is 0. The summed E-state index contributed by atoms with van der Waals surface area (Å²) in [6.45, 7) is 8.76. The van der Waals surface area contributed by atoms with Crippen LogP contribution >= 0.6 is 24.0 Å². The van der Waals surface area contributed by atoms with Gasteiger partial charge >= 0.3 is 0 Å². The summed E-state index contributed by atoms with van der Waals surface area (Å²) >= 11 is 0. The van der Waals surface area contributed by atoms with Crippen LogP contribution in [-0.2, 0) is 4.74 Å². The van der Waals surface area contributed by atoms with Crippen LogP contribution in [-0.4, -0.2) is 61.3 Å². The molecule has 0 radical (unpaired) electrons. The highest BCUT2D eigenvalue weighted by Gasteiger charge is 2.41. The maximum atomic E-state index is 5.93. The Morgan fingerprint density at radius 3 is 2.79 bits per heavy atom. The lowest BCUT2D eigenvalue weighted by molar-refractivity contribution is 0.0992. The number of nitrogens with zero attached hydrogens (tertiary/aromatic N) is 2. The van der Waals surface area contributed by atoms with Crippen molar-refractivity contribution >= 4 is 29.9 Å². The average Bonchev–Trinajstić information content (AvgIpc) is 3.16. The molecular weight excluding hydrogens is 415 g/mol. The lowest BCUT2D eigenvalue weighted by Crippen LogP contribution is -2.47. The molecule has 140 valence electrons. The van der Waals surface area contributed by atoms with Crippen LogP contribution in [0.15, 0.2) is 4.99 Å². The van der Waals surface area contributed by atoms with Crippen molar-refractivity contribution in [3.8, 4) is 0 Å². The molecule has 2 bridgehead atoms. The second-order valence-electron chi connectivity index (χ2n) is 7.36. The van der Waals surface area contributed by atoms with E-state index in [1.807, 2.05) is 0 Å². The predicted octanol–water partition coefficient (Wildman–Crippen LogP) is 2.74. The molecule has 0 aliphatic carbocycles. The molecule has 3 saturated heterocycles. The van der Waals surface area contributed by atoms with E-state index in [0.717, 1.165) is 37.9 Å². The van der Waals surface area contributed by atoms with Gasteiger partial charge in [0.25, 0.3) is 0 Å². The number of fused-ring (bicyclic) bond motifs is 2. The second-order valence-corrected chi connectivity index (χ2v) is 7.36. The summed E-state index contributed by atoms with van der Waals surface area (Å²) in [4.78, 5) is 7.41. The van der Waals surface area contributed by atoms with Crippen LogP contribution in [0.3, 0.4) is 0 Å². The molecule has 3 heterocycles. The monoisotopic (exact) mass is 450 g/mol. The number of piperidine rings is 1. The number of ether oxygens (including phenoxy) is 1. The first-order chi connectivity index (χ1) is 11.3. The SMILES string of the molecule is CCNC(=NCCCN1CCCCC1C)NC1CC2CCC1O2.I. The number of halogens is 1. The van der Waals surface area contributed by atoms with Gasteiger partial charge in [0.1, 0.15) is 0 Å². The van der Waals surface area contributed by atoms with E-state index in [0.29, 0.717) is 18.2 Å². The van der Waals surface area contributed by atoms with Crippen LogP contribution in [0.1, 0.15) is 58.8 Å². The molecule has 5 nitrogen and oxygen atoms in total. The van der Waals surface area contributed by atoms with E-state index in [1.54, 1.807) is 0 Å². The maximum absolute atomic E-state index is 5.93. The number of aliphatic imine (C=N–C) groups is 1. The number of hydrogen-bond acceptors (Lipinski definition) is 3. The zero-order chi connectivity index (χ0) is 16.1. The Morgan fingerprint density at radius 1 is 1.25 bits per heavy atom. The molecule has 3 aliphatic rings. The standard InChI is InChI=1S/C18H34N4O.HI/c1-3-19-18(21-16-13-15-8-9-17(16)23-15)20-10-6-12-22-11-5-4-7-14(22)2;/h14-17H,3-13H2,1-2H3,(H2,19,20,21);1H. The molecule has 4 unspecified atom stereocenters. The van der Waals surface area contributed by atoms with E-state index in [2.05, 4.69) is 29.4 Å². The van der Waals surface area contributed by atoms with Crippen molar-refractivity contribution < 1.29 is 4.74 Å². The van der Waals surface area contributed by atoms with Crippen LogP contribution in [0.4, 0.5) is 0 Å². The predicted molar refractivity (Wildman–Crippen MR) is 110 cm³/mol. The minimum atomic E-state index is 0. The number of guanidine groups is 1. The molecule has 2 N–H and O–H groups in total. The summed E-state index contributed by atoms with van der Waals surface area (Å²) in [6.07, 6.45) is 9.74. The van der Waals surface area contributed by atoms with Crippen molar-refractivity contribution in [1.29, 1.82) is 0 Å². The van der Waals surface area contributed by atoms with Crippen LogP contribution in [0.5, 0.6) is 0 Å². The fourth-order valence-electron chi connectivity index (χ4n) is 4.24. The van der Waals surface area contributed by atoms with E-state index in [1.165, 1.54) is 45.2 Å². The highest BCUT2D eigenvalue weighted by molar-refractivity contribution is 14.0. The van der Waals surface area contributed by atoms with Gasteiger partial charge in [-0.15, -0.1) is 24.0 Å². The minimum Gasteiger partial charge on any atom is -0.373 e. The highest BCUT2D eigenvalue weighted by atomic mass is 127. The van der Waals surface area contributed by atoms with E-state index in [-0.39, 0.29) is 24.0 Å². The maximum Gasteiger partial charge on any atom is 0.191 e. The normalized spacial score (nSPS) is 33.3. The molecule has 0 saturated carbocycles. The van der Waals surface area contributed by atoms with Gasteiger partial charge in [-0.1, -0.05) is 6.42 Å². The number of likely N-dealkylation sites (tertiary alicyclic amines) is 1. The van der Waals surface area contributed by atoms with Gasteiger partial charge in [0.2, 0.25) is 0 Å². The Kier molecular flexibility index (Phi) is 8.57. The largest absolute Gasteiger partial charge is 0.373 e. The van der Waals surface area contributed by atoms with Crippen molar-refractivity contribution in [2.24, 2.45) is 4.99 Å². The van der Waals surface area contributed by atoms with Gasteiger partial charge in [0.05, 0.1) is 18.2 Å². The van der Waals surface area contributed by atoms with Crippen LogP contribution in [0.25, 0.3) is 0 Å². The molecule has 6 heteroatoms. The van der Waals surface area contributed by atoms with Gasteiger partial charge < -0.3 is 20.3 Å². The molecule has 0 aromatic carbocycles. The van der Waals surface area contributed by atoms with Gasteiger partial charge in [-0.25, -0.2) is 0 Å². The Morgan fingerprint density at radius 2 is 2.12 bits per heavy atom. The summed E-state index contributed by atoms with van der Waals surface area (Å²) in [5.41, 5.74) is 0. The zero-order valence-corrected chi connectivity index (χ0v) is 17.6. The molecule has 3 fully saturated rings. The van der Waals surface area contributed by atoms with E-state index in [4.69, 9.17) is 9.73 Å². The summed E-state index contributed by atoms with van der Waals surface area (Å²) in [7, 11) is 0. The fraction of sp³-hybridized carbons (Fsp3) is 0.944. The third kappa shape index (κ3) is 5.46. The topological polar surface area (TPSA) is 48.9 Å². The molecule has 4 atom stereocenters.